The number of rotatable bonds is 4. The third-order valence-electron chi connectivity index (χ3n) is 5.51. The van der Waals surface area contributed by atoms with E-state index in [2.05, 4.69) is 0 Å². The van der Waals surface area contributed by atoms with Crippen LogP contribution in [0, 0.1) is 0 Å². The Hall–Kier alpha value is -3.56. The molecular weight excluding hydrogens is 427 g/mol. The van der Waals surface area contributed by atoms with Gasteiger partial charge in [0, 0.05) is 39.1 Å². The molecule has 1 aromatic heterocycles. The van der Waals surface area contributed by atoms with E-state index < -0.39 is 29.0 Å². The van der Waals surface area contributed by atoms with Crippen molar-refractivity contribution >= 4 is 22.9 Å². The molecule has 0 unspecified atom stereocenters. The van der Waals surface area contributed by atoms with Gasteiger partial charge in [-0.15, -0.1) is 0 Å². The Labute approximate surface area is 180 Å². The summed E-state index contributed by atoms with van der Waals surface area (Å²) in [6, 6.07) is 11.6. The van der Waals surface area contributed by atoms with E-state index in [1.165, 1.54) is 21.6 Å². The zero-order valence-corrected chi connectivity index (χ0v) is 17.0. The Kier molecular flexibility index (Phi) is 5.77. The number of nitrogens with zero attached hydrogens (tertiary/aromatic N) is 3. The molecule has 0 spiro atoms. The SMILES string of the molecule is O=C(CCn1c(=O)oc2ccccc21)N1CCN(C(=O)c2ccccc2C(F)(F)F)CC1. The van der Waals surface area contributed by atoms with Crippen LogP contribution in [0.2, 0.25) is 0 Å². The molecule has 0 aliphatic carbocycles. The van der Waals surface area contributed by atoms with Crippen LogP contribution in [0.5, 0.6) is 0 Å². The van der Waals surface area contributed by atoms with Gasteiger partial charge in [0.2, 0.25) is 5.91 Å². The monoisotopic (exact) mass is 447 g/mol. The summed E-state index contributed by atoms with van der Waals surface area (Å²) in [7, 11) is 0. The van der Waals surface area contributed by atoms with E-state index in [-0.39, 0.29) is 45.1 Å². The van der Waals surface area contributed by atoms with Crippen molar-refractivity contribution in [2.45, 2.75) is 19.1 Å². The molecule has 32 heavy (non-hydrogen) atoms. The van der Waals surface area contributed by atoms with Crippen LogP contribution in [0.4, 0.5) is 13.2 Å². The highest BCUT2D eigenvalue weighted by molar-refractivity contribution is 5.96. The van der Waals surface area contributed by atoms with Gasteiger partial charge in [0.1, 0.15) is 0 Å². The van der Waals surface area contributed by atoms with E-state index in [1.54, 1.807) is 29.2 Å². The number of carbonyl (C=O) groups excluding carboxylic acids is 2. The lowest BCUT2D eigenvalue weighted by atomic mass is 10.1. The number of aromatic nitrogens is 1. The zero-order valence-electron chi connectivity index (χ0n) is 17.0. The molecule has 0 saturated carbocycles. The van der Waals surface area contributed by atoms with E-state index in [4.69, 9.17) is 4.42 Å². The number of carbonyl (C=O) groups is 2. The van der Waals surface area contributed by atoms with Gasteiger partial charge >= 0.3 is 11.9 Å². The highest BCUT2D eigenvalue weighted by Gasteiger charge is 2.36. The molecule has 0 bridgehead atoms. The molecule has 4 rings (SSSR count). The maximum absolute atomic E-state index is 13.2. The summed E-state index contributed by atoms with van der Waals surface area (Å²) in [6.45, 7) is 0.822. The summed E-state index contributed by atoms with van der Waals surface area (Å²) in [6.07, 6.45) is -4.56. The number of amides is 2. The Balaban J connectivity index is 1.37. The standard InChI is InChI=1S/C22H20F3N3O4/c23-22(24,25)16-6-2-1-5-15(16)20(30)27-13-11-26(12-14-27)19(29)9-10-28-17-7-3-4-8-18(17)32-21(28)31/h1-8H,9-14H2. The molecule has 2 heterocycles. The quantitative estimate of drug-likeness (QED) is 0.616. The van der Waals surface area contributed by atoms with E-state index in [9.17, 15) is 27.6 Å². The third-order valence-corrected chi connectivity index (χ3v) is 5.51. The van der Waals surface area contributed by atoms with E-state index in [1.807, 2.05) is 0 Å². The van der Waals surface area contributed by atoms with Gasteiger partial charge in [-0.25, -0.2) is 4.79 Å². The van der Waals surface area contributed by atoms with Gasteiger partial charge < -0.3 is 14.2 Å². The molecule has 2 aromatic carbocycles. The van der Waals surface area contributed by atoms with Crippen molar-refractivity contribution in [3.63, 3.8) is 0 Å². The molecule has 0 radical (unpaired) electrons. The topological polar surface area (TPSA) is 75.8 Å². The van der Waals surface area contributed by atoms with E-state index in [0.717, 1.165) is 12.1 Å². The third kappa shape index (κ3) is 4.25. The molecule has 0 N–H and O–H groups in total. The Morgan fingerprint density at radius 2 is 1.53 bits per heavy atom. The van der Waals surface area contributed by atoms with Gasteiger partial charge in [0.25, 0.3) is 5.91 Å². The Morgan fingerprint density at radius 1 is 0.906 bits per heavy atom. The summed E-state index contributed by atoms with van der Waals surface area (Å²) in [5.74, 6) is -1.45. The molecule has 1 aliphatic heterocycles. The first-order valence-corrected chi connectivity index (χ1v) is 10.1. The lowest BCUT2D eigenvalue weighted by Gasteiger charge is -2.35. The first-order chi connectivity index (χ1) is 15.3. The van der Waals surface area contributed by atoms with E-state index in [0.29, 0.717) is 11.1 Å². The molecule has 168 valence electrons. The van der Waals surface area contributed by atoms with Gasteiger partial charge in [-0.2, -0.15) is 13.2 Å². The normalized spacial score (nSPS) is 14.7. The smallest absolute Gasteiger partial charge is 0.408 e. The maximum atomic E-state index is 13.2. The summed E-state index contributed by atoms with van der Waals surface area (Å²) >= 11 is 0. The van der Waals surface area contributed by atoms with Crippen LogP contribution in [0.25, 0.3) is 11.1 Å². The molecular formula is C22H20F3N3O4. The largest absolute Gasteiger partial charge is 0.419 e. The van der Waals surface area contributed by atoms with Crippen molar-refractivity contribution in [2.75, 3.05) is 26.2 Å². The molecule has 3 aromatic rings. The predicted octanol–water partition coefficient (Wildman–Crippen LogP) is 2.99. The molecule has 0 atom stereocenters. The highest BCUT2D eigenvalue weighted by Crippen LogP contribution is 2.32. The van der Waals surface area contributed by atoms with Crippen molar-refractivity contribution < 1.29 is 27.2 Å². The second-order valence-electron chi connectivity index (χ2n) is 7.45. The minimum absolute atomic E-state index is 0.0638. The fourth-order valence-electron chi connectivity index (χ4n) is 3.84. The Morgan fingerprint density at radius 3 is 2.25 bits per heavy atom. The van der Waals surface area contributed by atoms with Crippen LogP contribution < -0.4 is 5.76 Å². The average Bonchev–Trinajstić information content (AvgIpc) is 3.11. The molecule has 1 aliphatic rings. The lowest BCUT2D eigenvalue weighted by molar-refractivity contribution is -0.138. The van der Waals surface area contributed by atoms with Crippen molar-refractivity contribution in [1.29, 1.82) is 0 Å². The summed E-state index contributed by atoms with van der Waals surface area (Å²) in [5.41, 5.74) is -0.326. The van der Waals surface area contributed by atoms with Crippen LogP contribution in [0.3, 0.4) is 0 Å². The Bertz CT molecular complexity index is 1210. The summed E-state index contributed by atoms with van der Waals surface area (Å²) < 4.78 is 46.2. The number of aryl methyl sites for hydroxylation is 1. The minimum Gasteiger partial charge on any atom is -0.408 e. The van der Waals surface area contributed by atoms with Gasteiger partial charge in [0.15, 0.2) is 5.58 Å². The number of benzene rings is 2. The lowest BCUT2D eigenvalue weighted by Crippen LogP contribution is -2.51. The molecule has 7 nitrogen and oxygen atoms in total. The molecule has 2 amide bonds. The number of alkyl halides is 3. The fraction of sp³-hybridized carbons (Fsp3) is 0.318. The number of oxazole rings is 1. The minimum atomic E-state index is -4.63. The number of hydrogen-bond acceptors (Lipinski definition) is 4. The van der Waals surface area contributed by atoms with Gasteiger partial charge in [-0.05, 0) is 24.3 Å². The number of para-hydroxylation sites is 2. The number of hydrogen-bond donors (Lipinski definition) is 0. The van der Waals surface area contributed by atoms with Gasteiger partial charge in [-0.3, -0.25) is 14.2 Å². The fourth-order valence-corrected chi connectivity index (χ4v) is 3.84. The summed E-state index contributed by atoms with van der Waals surface area (Å²) in [4.78, 5) is 40.2. The van der Waals surface area contributed by atoms with Crippen molar-refractivity contribution in [3.05, 3.63) is 70.2 Å². The molecule has 1 fully saturated rings. The first kappa shape index (κ1) is 21.7. The van der Waals surface area contributed by atoms with Crippen LogP contribution in [-0.4, -0.2) is 52.4 Å². The van der Waals surface area contributed by atoms with Crippen molar-refractivity contribution in [2.24, 2.45) is 0 Å². The van der Waals surface area contributed by atoms with Crippen LogP contribution in [0.1, 0.15) is 22.3 Å². The summed E-state index contributed by atoms with van der Waals surface area (Å²) in [5, 5.41) is 0. The maximum Gasteiger partial charge on any atom is 0.419 e. The van der Waals surface area contributed by atoms with Gasteiger partial charge in [-0.1, -0.05) is 24.3 Å². The van der Waals surface area contributed by atoms with Crippen LogP contribution in [0.15, 0.2) is 57.7 Å². The average molecular weight is 447 g/mol. The molecule has 1 saturated heterocycles. The first-order valence-electron chi connectivity index (χ1n) is 10.1. The van der Waals surface area contributed by atoms with Crippen LogP contribution >= 0.6 is 0 Å². The number of fused-ring (bicyclic) bond motifs is 1. The predicted molar refractivity (Wildman–Crippen MR) is 109 cm³/mol. The highest BCUT2D eigenvalue weighted by atomic mass is 19.4. The molecule has 10 heteroatoms. The van der Waals surface area contributed by atoms with Crippen LogP contribution in [-0.2, 0) is 17.5 Å². The van der Waals surface area contributed by atoms with Crippen molar-refractivity contribution in [3.8, 4) is 0 Å². The number of piperazine rings is 1. The number of halogens is 3. The second-order valence-corrected chi connectivity index (χ2v) is 7.45. The zero-order chi connectivity index (χ0) is 22.9. The second kappa shape index (κ2) is 8.52. The van der Waals surface area contributed by atoms with Crippen molar-refractivity contribution in [1.82, 2.24) is 14.4 Å². The van der Waals surface area contributed by atoms with Gasteiger partial charge in [0.05, 0.1) is 16.6 Å². The van der Waals surface area contributed by atoms with E-state index >= 15 is 0 Å².